The number of para-hydroxylation sites is 1. The number of nitrogens with zero attached hydrogens (tertiary/aromatic N) is 1. The molecule has 1 heterocycles. The van der Waals surface area contributed by atoms with E-state index in [4.69, 9.17) is 9.47 Å². The average molecular weight is 263 g/mol. The van der Waals surface area contributed by atoms with Gasteiger partial charge in [-0.1, -0.05) is 12.1 Å². The Morgan fingerprint density at radius 3 is 2.89 bits per heavy atom. The van der Waals surface area contributed by atoms with Crippen LogP contribution in [-0.4, -0.2) is 39.4 Å². The molecule has 1 aromatic rings. The summed E-state index contributed by atoms with van der Waals surface area (Å²) < 4.78 is 10.6. The van der Waals surface area contributed by atoms with E-state index in [0.717, 1.165) is 31.7 Å². The molecule has 0 N–H and O–H groups in total. The van der Waals surface area contributed by atoms with E-state index in [0.29, 0.717) is 5.56 Å². The molecule has 1 aromatic carbocycles. The summed E-state index contributed by atoms with van der Waals surface area (Å²) in [6.07, 6.45) is 3.71. The second-order valence-electron chi connectivity index (χ2n) is 4.88. The number of esters is 1. The van der Waals surface area contributed by atoms with Crippen LogP contribution in [0.5, 0.6) is 0 Å². The first-order valence-electron chi connectivity index (χ1n) is 6.72. The fraction of sp³-hybridized carbons (Fsp3) is 0.533. The minimum Gasteiger partial charge on any atom is -0.465 e. The molecule has 0 aromatic heterocycles. The largest absolute Gasteiger partial charge is 0.465 e. The van der Waals surface area contributed by atoms with Crippen molar-refractivity contribution in [3.8, 4) is 0 Å². The van der Waals surface area contributed by atoms with E-state index in [1.165, 1.54) is 13.5 Å². The van der Waals surface area contributed by atoms with Gasteiger partial charge in [0.1, 0.15) is 0 Å². The minimum absolute atomic E-state index is 0.254. The molecule has 0 spiro atoms. The second kappa shape index (κ2) is 6.57. The van der Waals surface area contributed by atoms with Gasteiger partial charge in [0, 0.05) is 20.2 Å². The molecule has 1 unspecified atom stereocenters. The molecule has 0 amide bonds. The molecular formula is C15H21NO3. The van der Waals surface area contributed by atoms with Gasteiger partial charge in [0.05, 0.1) is 24.5 Å². The van der Waals surface area contributed by atoms with Crippen LogP contribution in [0.25, 0.3) is 0 Å². The maximum absolute atomic E-state index is 11.8. The molecule has 104 valence electrons. The van der Waals surface area contributed by atoms with Gasteiger partial charge in [-0.2, -0.15) is 0 Å². The third kappa shape index (κ3) is 3.47. The zero-order valence-corrected chi connectivity index (χ0v) is 11.6. The van der Waals surface area contributed by atoms with E-state index in [2.05, 4.69) is 4.90 Å². The summed E-state index contributed by atoms with van der Waals surface area (Å²) in [5.41, 5.74) is 1.49. The van der Waals surface area contributed by atoms with Crippen molar-refractivity contribution in [3.05, 3.63) is 29.8 Å². The number of carbonyl (C=O) groups is 1. The van der Waals surface area contributed by atoms with Gasteiger partial charge >= 0.3 is 5.97 Å². The Labute approximate surface area is 114 Å². The Balaban J connectivity index is 2.09. The van der Waals surface area contributed by atoms with Crippen molar-refractivity contribution in [1.29, 1.82) is 0 Å². The highest BCUT2D eigenvalue weighted by atomic mass is 16.5. The highest BCUT2D eigenvalue weighted by Crippen LogP contribution is 2.22. The van der Waals surface area contributed by atoms with Gasteiger partial charge in [-0.15, -0.1) is 0 Å². The van der Waals surface area contributed by atoms with E-state index in [-0.39, 0.29) is 12.1 Å². The summed E-state index contributed by atoms with van der Waals surface area (Å²) >= 11 is 0. The van der Waals surface area contributed by atoms with Crippen molar-refractivity contribution < 1.29 is 14.3 Å². The number of anilines is 1. The summed E-state index contributed by atoms with van der Waals surface area (Å²) in [6, 6.07) is 7.51. The number of carbonyl (C=O) groups excluding carboxylic acids is 1. The molecule has 1 aliphatic rings. The molecule has 1 saturated heterocycles. The fourth-order valence-corrected chi connectivity index (χ4v) is 2.44. The molecule has 0 saturated carbocycles. The van der Waals surface area contributed by atoms with Crippen LogP contribution in [0, 0.1) is 0 Å². The van der Waals surface area contributed by atoms with Crippen LogP contribution in [-0.2, 0) is 9.47 Å². The summed E-state index contributed by atoms with van der Waals surface area (Å²) in [5.74, 6) is -0.299. The maximum Gasteiger partial charge on any atom is 0.339 e. The zero-order valence-electron chi connectivity index (χ0n) is 11.6. The Kier molecular flexibility index (Phi) is 4.80. The molecule has 4 heteroatoms. The Morgan fingerprint density at radius 2 is 2.21 bits per heavy atom. The van der Waals surface area contributed by atoms with Gasteiger partial charge in [-0.25, -0.2) is 4.79 Å². The van der Waals surface area contributed by atoms with Gasteiger partial charge in [0.15, 0.2) is 0 Å². The van der Waals surface area contributed by atoms with Crippen LogP contribution in [0.1, 0.15) is 29.6 Å². The molecule has 1 fully saturated rings. The van der Waals surface area contributed by atoms with Crippen LogP contribution >= 0.6 is 0 Å². The number of rotatable bonds is 4. The normalized spacial score (nSPS) is 18.9. The number of methoxy groups -OCH3 is 1. The van der Waals surface area contributed by atoms with Crippen molar-refractivity contribution in [3.63, 3.8) is 0 Å². The lowest BCUT2D eigenvalue weighted by Crippen LogP contribution is -2.34. The first-order valence-corrected chi connectivity index (χ1v) is 6.72. The maximum atomic E-state index is 11.8. The number of likely N-dealkylation sites (N-methyl/N-ethyl adjacent to an activating group) is 1. The summed E-state index contributed by atoms with van der Waals surface area (Å²) in [6.45, 7) is 1.64. The first-order chi connectivity index (χ1) is 9.22. The SMILES string of the molecule is COC(=O)c1ccccc1N(C)CC1CCCCO1. The van der Waals surface area contributed by atoms with Gasteiger partial charge in [0.2, 0.25) is 0 Å². The first kappa shape index (κ1) is 13.9. The molecule has 19 heavy (non-hydrogen) atoms. The second-order valence-corrected chi connectivity index (χ2v) is 4.88. The van der Waals surface area contributed by atoms with E-state index < -0.39 is 0 Å². The predicted octanol–water partition coefficient (Wildman–Crippen LogP) is 2.48. The van der Waals surface area contributed by atoms with E-state index in [9.17, 15) is 4.79 Å². The van der Waals surface area contributed by atoms with Crippen molar-refractivity contribution >= 4 is 11.7 Å². The van der Waals surface area contributed by atoms with Crippen LogP contribution < -0.4 is 4.90 Å². The average Bonchev–Trinajstić information content (AvgIpc) is 2.47. The molecule has 1 aliphatic heterocycles. The molecular weight excluding hydrogens is 242 g/mol. The molecule has 4 nitrogen and oxygen atoms in total. The molecule has 2 rings (SSSR count). The minimum atomic E-state index is -0.299. The van der Waals surface area contributed by atoms with Crippen molar-refractivity contribution in [2.24, 2.45) is 0 Å². The molecule has 0 bridgehead atoms. The standard InChI is InChI=1S/C15H21NO3/c1-16(11-12-7-5-6-10-19-12)14-9-4-3-8-13(14)15(17)18-2/h3-4,8-9,12H,5-7,10-11H2,1-2H3. The van der Waals surface area contributed by atoms with Crippen molar-refractivity contribution in [1.82, 2.24) is 0 Å². The van der Waals surface area contributed by atoms with Gasteiger partial charge in [-0.3, -0.25) is 0 Å². The Hall–Kier alpha value is -1.55. The van der Waals surface area contributed by atoms with Crippen molar-refractivity contribution in [2.75, 3.05) is 32.2 Å². The highest BCUT2D eigenvalue weighted by molar-refractivity contribution is 5.95. The quantitative estimate of drug-likeness (QED) is 0.782. The van der Waals surface area contributed by atoms with Crippen molar-refractivity contribution in [2.45, 2.75) is 25.4 Å². The van der Waals surface area contributed by atoms with Gasteiger partial charge in [0.25, 0.3) is 0 Å². The van der Waals surface area contributed by atoms with E-state index >= 15 is 0 Å². The van der Waals surface area contributed by atoms with E-state index in [1.54, 1.807) is 6.07 Å². The topological polar surface area (TPSA) is 38.8 Å². The lowest BCUT2D eigenvalue weighted by Gasteiger charge is -2.29. The van der Waals surface area contributed by atoms with Gasteiger partial charge < -0.3 is 14.4 Å². The number of ether oxygens (including phenoxy) is 2. The number of benzene rings is 1. The molecule has 0 aliphatic carbocycles. The number of hydrogen-bond acceptors (Lipinski definition) is 4. The van der Waals surface area contributed by atoms with Crippen LogP contribution in [0.2, 0.25) is 0 Å². The lowest BCUT2D eigenvalue weighted by molar-refractivity contribution is 0.0215. The third-order valence-corrected chi connectivity index (χ3v) is 3.47. The molecule has 0 radical (unpaired) electrons. The zero-order chi connectivity index (χ0) is 13.7. The monoisotopic (exact) mass is 263 g/mol. The fourth-order valence-electron chi connectivity index (χ4n) is 2.44. The predicted molar refractivity (Wildman–Crippen MR) is 74.6 cm³/mol. The Bertz CT molecular complexity index is 427. The smallest absolute Gasteiger partial charge is 0.339 e. The summed E-state index contributed by atoms with van der Waals surface area (Å²) in [4.78, 5) is 13.8. The summed E-state index contributed by atoms with van der Waals surface area (Å²) in [7, 11) is 3.39. The van der Waals surface area contributed by atoms with E-state index in [1.807, 2.05) is 25.2 Å². The highest BCUT2D eigenvalue weighted by Gasteiger charge is 2.19. The third-order valence-electron chi connectivity index (χ3n) is 3.47. The van der Waals surface area contributed by atoms with Crippen LogP contribution in [0.15, 0.2) is 24.3 Å². The summed E-state index contributed by atoms with van der Waals surface area (Å²) in [5, 5.41) is 0. The molecule has 1 atom stereocenters. The lowest BCUT2D eigenvalue weighted by atomic mass is 10.1. The number of hydrogen-bond donors (Lipinski definition) is 0. The van der Waals surface area contributed by atoms with Crippen LogP contribution in [0.3, 0.4) is 0 Å². The van der Waals surface area contributed by atoms with Gasteiger partial charge in [-0.05, 0) is 31.4 Å². The van der Waals surface area contributed by atoms with Crippen LogP contribution in [0.4, 0.5) is 5.69 Å². The Morgan fingerprint density at radius 1 is 1.42 bits per heavy atom.